The maximum atomic E-state index is 14.0. The van der Waals surface area contributed by atoms with Crippen molar-refractivity contribution in [3.63, 3.8) is 0 Å². The van der Waals surface area contributed by atoms with E-state index in [0.717, 1.165) is 30.2 Å². The Morgan fingerprint density at radius 2 is 2.14 bits per heavy atom. The van der Waals surface area contributed by atoms with Gasteiger partial charge in [-0.15, -0.1) is 0 Å². The Kier molecular flexibility index (Phi) is 5.77. The minimum Gasteiger partial charge on any atom is -0.377 e. The summed E-state index contributed by atoms with van der Waals surface area (Å²) in [6.07, 6.45) is 4.66. The Bertz CT molecular complexity index is 475. The molecule has 21 heavy (non-hydrogen) atoms. The van der Waals surface area contributed by atoms with Crippen LogP contribution in [0.4, 0.5) is 4.39 Å². The summed E-state index contributed by atoms with van der Waals surface area (Å²) < 4.78 is 20.7. The van der Waals surface area contributed by atoms with Crippen molar-refractivity contribution in [1.82, 2.24) is 5.43 Å². The second kappa shape index (κ2) is 7.18. The molecule has 3 N–H and O–H groups in total. The maximum Gasteiger partial charge on any atom is 0.126 e. The highest BCUT2D eigenvalue weighted by molar-refractivity contribution is 9.10. The van der Waals surface area contributed by atoms with E-state index in [1.165, 1.54) is 6.07 Å². The summed E-state index contributed by atoms with van der Waals surface area (Å²) in [5, 5.41) is 0. The summed E-state index contributed by atoms with van der Waals surface area (Å²) in [4.78, 5) is 0. The third-order valence-electron chi connectivity index (χ3n) is 4.80. The first-order valence-corrected chi connectivity index (χ1v) is 8.25. The summed E-state index contributed by atoms with van der Waals surface area (Å²) in [5.41, 5.74) is 3.21. The van der Waals surface area contributed by atoms with Gasteiger partial charge in [-0.05, 0) is 61.8 Å². The molecule has 1 aliphatic carbocycles. The van der Waals surface area contributed by atoms with E-state index in [4.69, 9.17) is 10.6 Å². The molecule has 0 aliphatic heterocycles. The second-order valence-electron chi connectivity index (χ2n) is 6.11. The van der Waals surface area contributed by atoms with Crippen LogP contribution in [0.2, 0.25) is 0 Å². The second-order valence-corrected chi connectivity index (χ2v) is 7.03. The van der Waals surface area contributed by atoms with Crippen LogP contribution in [0, 0.1) is 11.7 Å². The first-order valence-electron chi connectivity index (χ1n) is 7.46. The average Bonchev–Trinajstić information content (AvgIpc) is 2.49. The van der Waals surface area contributed by atoms with Crippen LogP contribution in [0.5, 0.6) is 0 Å². The molecule has 1 saturated carbocycles. The van der Waals surface area contributed by atoms with E-state index < -0.39 is 0 Å². The number of hydrogen-bond donors (Lipinski definition) is 2. The van der Waals surface area contributed by atoms with Gasteiger partial charge < -0.3 is 4.74 Å². The van der Waals surface area contributed by atoms with Crippen molar-refractivity contribution in [2.24, 2.45) is 11.8 Å². The van der Waals surface area contributed by atoms with E-state index in [1.807, 2.05) is 6.07 Å². The summed E-state index contributed by atoms with van der Waals surface area (Å²) in [7, 11) is 1.73. The molecule has 0 radical (unpaired) electrons. The summed E-state index contributed by atoms with van der Waals surface area (Å²) in [5.74, 6) is 6.29. The summed E-state index contributed by atoms with van der Waals surface area (Å²) in [6, 6.07) is 4.90. The van der Waals surface area contributed by atoms with Gasteiger partial charge in [0, 0.05) is 11.6 Å². The topological polar surface area (TPSA) is 47.3 Å². The fraction of sp³-hybridized carbons (Fsp3) is 0.625. The number of rotatable bonds is 5. The molecule has 1 aromatic carbocycles. The molecular formula is C16H24BrFN2O. The van der Waals surface area contributed by atoms with Crippen LogP contribution in [-0.2, 0) is 11.2 Å². The number of nitrogens with two attached hydrogens (primary N) is 1. The molecule has 118 valence electrons. The third kappa shape index (κ3) is 3.83. The lowest BCUT2D eigenvalue weighted by atomic mass is 9.74. The Hall–Kier alpha value is -0.490. The number of methoxy groups -OCH3 is 1. The Morgan fingerprint density at radius 3 is 2.71 bits per heavy atom. The molecule has 1 atom stereocenters. The number of halogens is 2. The van der Waals surface area contributed by atoms with E-state index in [1.54, 1.807) is 13.2 Å². The monoisotopic (exact) mass is 358 g/mol. The SMILES string of the molecule is COC1(C(Cc2cc(Br)ccc2F)NN)CCC(C)CC1. The lowest BCUT2D eigenvalue weighted by Crippen LogP contribution is -2.57. The highest BCUT2D eigenvalue weighted by Gasteiger charge is 2.41. The van der Waals surface area contributed by atoms with Crippen molar-refractivity contribution in [3.05, 3.63) is 34.1 Å². The standard InChI is InChI=1S/C16H24BrFN2O/c1-11-5-7-16(21-2,8-6-11)15(20-19)10-12-9-13(17)3-4-14(12)18/h3-4,9,11,15,20H,5-8,10,19H2,1-2H3. The van der Waals surface area contributed by atoms with Gasteiger partial charge in [0.1, 0.15) is 5.82 Å². The van der Waals surface area contributed by atoms with Crippen molar-refractivity contribution in [1.29, 1.82) is 0 Å². The molecule has 0 heterocycles. The van der Waals surface area contributed by atoms with Crippen molar-refractivity contribution < 1.29 is 9.13 Å². The molecule has 1 aliphatic rings. The average molecular weight is 359 g/mol. The number of hydrazine groups is 1. The van der Waals surface area contributed by atoms with E-state index >= 15 is 0 Å². The van der Waals surface area contributed by atoms with E-state index in [-0.39, 0.29) is 17.5 Å². The largest absolute Gasteiger partial charge is 0.377 e. The molecule has 0 aromatic heterocycles. The lowest BCUT2D eigenvalue weighted by Gasteiger charge is -2.44. The van der Waals surface area contributed by atoms with Crippen molar-refractivity contribution in [2.45, 2.75) is 50.7 Å². The van der Waals surface area contributed by atoms with Crippen LogP contribution in [0.3, 0.4) is 0 Å². The minimum absolute atomic E-state index is 0.0983. The maximum absolute atomic E-state index is 14.0. The van der Waals surface area contributed by atoms with Gasteiger partial charge in [-0.2, -0.15) is 0 Å². The number of hydrogen-bond acceptors (Lipinski definition) is 3. The zero-order valence-corrected chi connectivity index (χ0v) is 14.2. The van der Waals surface area contributed by atoms with Crippen molar-refractivity contribution in [2.75, 3.05) is 7.11 Å². The molecular weight excluding hydrogens is 335 g/mol. The Morgan fingerprint density at radius 1 is 1.48 bits per heavy atom. The normalized spacial score (nSPS) is 27.6. The van der Waals surface area contributed by atoms with Crippen molar-refractivity contribution >= 4 is 15.9 Å². The van der Waals surface area contributed by atoms with Crippen LogP contribution >= 0.6 is 15.9 Å². The third-order valence-corrected chi connectivity index (χ3v) is 5.29. The molecule has 0 bridgehead atoms. The lowest BCUT2D eigenvalue weighted by molar-refractivity contribution is -0.0747. The van der Waals surface area contributed by atoms with Gasteiger partial charge in [-0.1, -0.05) is 22.9 Å². The van der Waals surface area contributed by atoms with E-state index in [0.29, 0.717) is 17.9 Å². The smallest absolute Gasteiger partial charge is 0.126 e. The zero-order valence-electron chi connectivity index (χ0n) is 12.7. The minimum atomic E-state index is -0.310. The summed E-state index contributed by atoms with van der Waals surface area (Å²) >= 11 is 3.39. The molecule has 3 nitrogen and oxygen atoms in total. The van der Waals surface area contributed by atoms with E-state index in [2.05, 4.69) is 28.3 Å². The van der Waals surface area contributed by atoms with Crippen LogP contribution in [0.1, 0.15) is 38.2 Å². The fourth-order valence-corrected chi connectivity index (χ4v) is 3.67. The van der Waals surface area contributed by atoms with Gasteiger partial charge in [0.05, 0.1) is 11.6 Å². The van der Waals surface area contributed by atoms with Gasteiger partial charge in [0.25, 0.3) is 0 Å². The molecule has 2 rings (SSSR count). The van der Waals surface area contributed by atoms with Gasteiger partial charge >= 0.3 is 0 Å². The molecule has 1 unspecified atom stereocenters. The van der Waals surface area contributed by atoms with Crippen molar-refractivity contribution in [3.8, 4) is 0 Å². The van der Waals surface area contributed by atoms with Gasteiger partial charge in [0.15, 0.2) is 0 Å². The molecule has 0 saturated heterocycles. The van der Waals surface area contributed by atoms with E-state index in [9.17, 15) is 4.39 Å². The zero-order chi connectivity index (χ0) is 15.5. The highest BCUT2D eigenvalue weighted by atomic mass is 79.9. The number of benzene rings is 1. The highest BCUT2D eigenvalue weighted by Crippen LogP contribution is 2.38. The van der Waals surface area contributed by atoms with Gasteiger partial charge in [-0.3, -0.25) is 11.3 Å². The Labute approximate surface area is 134 Å². The Balaban J connectivity index is 2.19. The molecule has 0 amide bonds. The fourth-order valence-electron chi connectivity index (χ4n) is 3.26. The predicted molar refractivity (Wildman–Crippen MR) is 86.3 cm³/mol. The number of nitrogens with one attached hydrogen (secondary N) is 1. The first-order chi connectivity index (χ1) is 10.0. The molecule has 1 aromatic rings. The quantitative estimate of drug-likeness (QED) is 0.624. The molecule has 1 fully saturated rings. The van der Waals surface area contributed by atoms with Crippen LogP contribution < -0.4 is 11.3 Å². The summed E-state index contributed by atoms with van der Waals surface area (Å²) in [6.45, 7) is 2.26. The predicted octanol–water partition coefficient (Wildman–Crippen LogP) is 3.56. The molecule has 0 spiro atoms. The van der Waals surface area contributed by atoms with Gasteiger partial charge in [0.2, 0.25) is 0 Å². The first kappa shape index (κ1) is 16.9. The van der Waals surface area contributed by atoms with Crippen LogP contribution in [0.15, 0.2) is 22.7 Å². The van der Waals surface area contributed by atoms with Crippen LogP contribution in [-0.4, -0.2) is 18.8 Å². The molecule has 5 heteroatoms. The van der Waals surface area contributed by atoms with Crippen LogP contribution in [0.25, 0.3) is 0 Å². The van der Waals surface area contributed by atoms with Gasteiger partial charge in [-0.25, -0.2) is 4.39 Å². The number of ether oxygens (including phenoxy) is 1.